The molecular formula is C20H21O4P. The molecule has 0 amide bonds. The van der Waals surface area contributed by atoms with Crippen molar-refractivity contribution in [2.45, 2.75) is 19.8 Å². The van der Waals surface area contributed by atoms with Crippen molar-refractivity contribution in [2.24, 2.45) is 0 Å². The average Bonchev–Trinajstić information content (AvgIpc) is 2.61. The third kappa shape index (κ3) is 3.93. The van der Waals surface area contributed by atoms with Gasteiger partial charge < -0.3 is 14.5 Å². The molecular weight excluding hydrogens is 335 g/mol. The van der Waals surface area contributed by atoms with E-state index in [-0.39, 0.29) is 17.7 Å². The molecule has 25 heavy (non-hydrogen) atoms. The predicted molar refractivity (Wildman–Crippen MR) is 101 cm³/mol. The summed E-state index contributed by atoms with van der Waals surface area (Å²) in [6.45, 7) is 2.16. The number of fused-ring (bicyclic) bond motifs is 1. The highest BCUT2D eigenvalue weighted by Crippen LogP contribution is 2.44. The predicted octanol–water partition coefficient (Wildman–Crippen LogP) is 4.84. The van der Waals surface area contributed by atoms with E-state index in [2.05, 4.69) is 0 Å². The molecule has 3 aromatic rings. The maximum atomic E-state index is 12.3. The van der Waals surface area contributed by atoms with Crippen LogP contribution in [0.4, 0.5) is 0 Å². The molecule has 0 fully saturated rings. The Labute approximate surface area is 147 Å². The number of unbranched alkanes of at least 4 members (excludes halogenated alkanes) is 1. The summed E-state index contributed by atoms with van der Waals surface area (Å²) in [7, 11) is -4.01. The fourth-order valence-electron chi connectivity index (χ4n) is 2.71. The summed E-state index contributed by atoms with van der Waals surface area (Å²) >= 11 is 0. The standard InChI is InChI=1S/C20H21O4P/c1-2-3-12-24-25(22,23)20-11-10-18(14-19(20)21)17-9-8-15-6-4-5-7-16(15)13-17/h4-11,13-14,21H,2-3,12H2,1H3,(H,22,23). The Kier molecular flexibility index (Phi) is 5.24. The van der Waals surface area contributed by atoms with E-state index in [1.807, 2.05) is 49.4 Å². The third-order valence-corrected chi connectivity index (χ3v) is 5.65. The van der Waals surface area contributed by atoms with E-state index in [4.69, 9.17) is 4.52 Å². The lowest BCUT2D eigenvalue weighted by Crippen LogP contribution is -2.08. The molecule has 2 N–H and O–H groups in total. The number of hydrogen-bond donors (Lipinski definition) is 2. The highest BCUT2D eigenvalue weighted by atomic mass is 31.2. The van der Waals surface area contributed by atoms with Crippen molar-refractivity contribution in [3.63, 3.8) is 0 Å². The Morgan fingerprint density at radius 2 is 1.64 bits per heavy atom. The topological polar surface area (TPSA) is 66.8 Å². The Bertz CT molecular complexity index is 936. The molecule has 4 nitrogen and oxygen atoms in total. The lowest BCUT2D eigenvalue weighted by molar-refractivity contribution is 0.264. The van der Waals surface area contributed by atoms with Gasteiger partial charge in [0, 0.05) is 0 Å². The first-order valence-corrected chi connectivity index (χ1v) is 9.89. The van der Waals surface area contributed by atoms with Gasteiger partial charge in [-0.15, -0.1) is 0 Å². The summed E-state index contributed by atoms with van der Waals surface area (Å²) in [6.07, 6.45) is 1.56. The van der Waals surface area contributed by atoms with E-state index in [1.165, 1.54) is 12.1 Å². The number of phenolic OH excluding ortho intramolecular Hbond substituents is 1. The number of hydrogen-bond acceptors (Lipinski definition) is 3. The first-order chi connectivity index (χ1) is 12.0. The van der Waals surface area contributed by atoms with E-state index in [0.717, 1.165) is 28.3 Å². The van der Waals surface area contributed by atoms with Crippen molar-refractivity contribution in [2.75, 3.05) is 6.61 Å². The first-order valence-electron chi connectivity index (χ1n) is 8.31. The smallest absolute Gasteiger partial charge is 0.362 e. The monoisotopic (exact) mass is 356 g/mol. The zero-order chi connectivity index (χ0) is 17.9. The highest BCUT2D eigenvalue weighted by Gasteiger charge is 2.26. The normalized spacial score (nSPS) is 13.7. The molecule has 0 heterocycles. The summed E-state index contributed by atoms with van der Waals surface area (Å²) in [4.78, 5) is 10.1. The number of benzene rings is 3. The second-order valence-corrected chi connectivity index (χ2v) is 7.75. The molecule has 1 unspecified atom stereocenters. The Morgan fingerprint density at radius 3 is 2.36 bits per heavy atom. The summed E-state index contributed by atoms with van der Waals surface area (Å²) in [5, 5.41) is 12.4. The molecule has 0 aromatic heterocycles. The summed E-state index contributed by atoms with van der Waals surface area (Å²) < 4.78 is 17.4. The quantitative estimate of drug-likeness (QED) is 0.490. The molecule has 1 atom stereocenters. The Morgan fingerprint density at radius 1 is 0.960 bits per heavy atom. The van der Waals surface area contributed by atoms with Crippen LogP contribution in [0.2, 0.25) is 0 Å². The van der Waals surface area contributed by atoms with Crippen LogP contribution in [0.3, 0.4) is 0 Å². The van der Waals surface area contributed by atoms with Crippen molar-refractivity contribution in [1.82, 2.24) is 0 Å². The van der Waals surface area contributed by atoms with Gasteiger partial charge in [-0.3, -0.25) is 4.57 Å². The molecule has 5 heteroatoms. The van der Waals surface area contributed by atoms with Crippen LogP contribution in [0.5, 0.6) is 5.75 Å². The zero-order valence-electron chi connectivity index (χ0n) is 14.1. The van der Waals surface area contributed by atoms with Gasteiger partial charge in [0.2, 0.25) is 0 Å². The van der Waals surface area contributed by atoms with E-state index in [0.29, 0.717) is 6.42 Å². The molecule has 0 aliphatic heterocycles. The fourth-order valence-corrected chi connectivity index (χ4v) is 3.85. The van der Waals surface area contributed by atoms with Crippen LogP contribution in [0.25, 0.3) is 21.9 Å². The van der Waals surface area contributed by atoms with Gasteiger partial charge in [-0.25, -0.2) is 0 Å². The Balaban J connectivity index is 1.91. The highest BCUT2D eigenvalue weighted by molar-refractivity contribution is 7.61. The summed E-state index contributed by atoms with van der Waals surface area (Å²) in [6, 6.07) is 18.7. The second-order valence-electron chi connectivity index (χ2n) is 5.97. The van der Waals surface area contributed by atoms with E-state index >= 15 is 0 Å². The van der Waals surface area contributed by atoms with Gasteiger partial charge in [0.15, 0.2) is 0 Å². The minimum absolute atomic E-state index is 0.0619. The van der Waals surface area contributed by atoms with Gasteiger partial charge >= 0.3 is 7.60 Å². The largest absolute Gasteiger partial charge is 0.507 e. The summed E-state index contributed by atoms with van der Waals surface area (Å²) in [5.41, 5.74) is 1.71. The van der Waals surface area contributed by atoms with Gasteiger partial charge in [0.1, 0.15) is 11.1 Å². The van der Waals surface area contributed by atoms with Crippen LogP contribution in [0.15, 0.2) is 60.7 Å². The van der Waals surface area contributed by atoms with Gasteiger partial charge in [-0.05, 0) is 46.5 Å². The van der Waals surface area contributed by atoms with Gasteiger partial charge in [-0.1, -0.05) is 55.8 Å². The zero-order valence-corrected chi connectivity index (χ0v) is 14.9. The SMILES string of the molecule is CCCCOP(=O)(O)c1ccc(-c2ccc3ccccc3c2)cc1O. The number of rotatable bonds is 6. The maximum Gasteiger partial charge on any atom is 0.362 e. The van der Waals surface area contributed by atoms with Crippen LogP contribution >= 0.6 is 7.60 Å². The van der Waals surface area contributed by atoms with Crippen molar-refractivity contribution < 1.29 is 19.1 Å². The molecule has 0 bridgehead atoms. The molecule has 0 aliphatic carbocycles. The van der Waals surface area contributed by atoms with Gasteiger partial charge in [-0.2, -0.15) is 0 Å². The van der Waals surface area contributed by atoms with E-state index in [9.17, 15) is 14.6 Å². The average molecular weight is 356 g/mol. The van der Waals surface area contributed by atoms with Crippen molar-refractivity contribution >= 4 is 23.7 Å². The molecule has 0 radical (unpaired) electrons. The van der Waals surface area contributed by atoms with Crippen LogP contribution in [-0.2, 0) is 9.09 Å². The minimum Gasteiger partial charge on any atom is -0.507 e. The van der Waals surface area contributed by atoms with E-state index < -0.39 is 7.60 Å². The second kappa shape index (κ2) is 7.40. The molecule has 0 spiro atoms. The van der Waals surface area contributed by atoms with Gasteiger partial charge in [0.25, 0.3) is 0 Å². The van der Waals surface area contributed by atoms with Crippen molar-refractivity contribution in [3.05, 3.63) is 60.7 Å². The van der Waals surface area contributed by atoms with Crippen molar-refractivity contribution in [3.8, 4) is 16.9 Å². The van der Waals surface area contributed by atoms with Crippen LogP contribution in [0.1, 0.15) is 19.8 Å². The fraction of sp³-hybridized carbons (Fsp3) is 0.200. The van der Waals surface area contributed by atoms with Crippen LogP contribution in [-0.4, -0.2) is 16.6 Å². The van der Waals surface area contributed by atoms with Gasteiger partial charge in [0.05, 0.1) is 6.61 Å². The number of aromatic hydroxyl groups is 1. The maximum absolute atomic E-state index is 12.3. The van der Waals surface area contributed by atoms with Crippen LogP contribution in [0, 0.1) is 0 Å². The summed E-state index contributed by atoms with van der Waals surface area (Å²) in [5.74, 6) is -0.229. The third-order valence-electron chi connectivity index (χ3n) is 4.13. The molecule has 0 saturated carbocycles. The van der Waals surface area contributed by atoms with Crippen LogP contribution < -0.4 is 5.30 Å². The lowest BCUT2D eigenvalue weighted by Gasteiger charge is -2.14. The molecule has 3 aromatic carbocycles. The molecule has 3 rings (SSSR count). The number of phenols is 1. The lowest BCUT2D eigenvalue weighted by atomic mass is 10.0. The molecule has 130 valence electrons. The van der Waals surface area contributed by atoms with E-state index in [1.54, 1.807) is 6.07 Å². The Hall–Kier alpha value is -2.13. The first kappa shape index (κ1) is 17.7. The van der Waals surface area contributed by atoms with Crippen molar-refractivity contribution in [1.29, 1.82) is 0 Å². The minimum atomic E-state index is -4.01. The molecule has 0 aliphatic rings. The molecule has 0 saturated heterocycles.